The maximum absolute atomic E-state index is 11.0. The summed E-state index contributed by atoms with van der Waals surface area (Å²) in [6.07, 6.45) is 0. The molecular formula is C16H18N2O2. The minimum atomic E-state index is -0.429. The Morgan fingerprint density at radius 2 is 1.75 bits per heavy atom. The van der Waals surface area contributed by atoms with Crippen molar-refractivity contribution in [3.8, 4) is 0 Å². The van der Waals surface area contributed by atoms with E-state index in [0.29, 0.717) is 12.1 Å². The number of amides is 1. The fraction of sp³-hybridized carbons (Fsp3) is 0.188. The molecule has 4 heteroatoms. The third-order valence-corrected chi connectivity index (χ3v) is 3.18. The van der Waals surface area contributed by atoms with Crippen LogP contribution in [0.3, 0.4) is 0 Å². The molecule has 0 aromatic heterocycles. The third-order valence-electron chi connectivity index (χ3n) is 3.18. The Hall–Kier alpha value is -2.17. The maximum Gasteiger partial charge on any atom is 0.248 e. The Morgan fingerprint density at radius 1 is 1.10 bits per heavy atom. The molecule has 1 amide bonds. The minimum absolute atomic E-state index is 0.0311. The highest BCUT2D eigenvalue weighted by Gasteiger charge is 2.09. The molecule has 1 atom stereocenters. The first kappa shape index (κ1) is 14.2. The van der Waals surface area contributed by atoms with Crippen LogP contribution in [0.4, 0.5) is 0 Å². The van der Waals surface area contributed by atoms with E-state index in [-0.39, 0.29) is 12.6 Å². The average molecular weight is 270 g/mol. The van der Waals surface area contributed by atoms with Crippen molar-refractivity contribution in [1.82, 2.24) is 5.32 Å². The van der Waals surface area contributed by atoms with Crippen molar-refractivity contribution >= 4 is 5.91 Å². The lowest BCUT2D eigenvalue weighted by molar-refractivity contribution is 0.100. The van der Waals surface area contributed by atoms with Gasteiger partial charge in [-0.3, -0.25) is 4.79 Å². The molecule has 4 nitrogen and oxygen atoms in total. The highest BCUT2D eigenvalue weighted by Crippen LogP contribution is 2.13. The average Bonchev–Trinajstić information content (AvgIpc) is 2.49. The van der Waals surface area contributed by atoms with Crippen LogP contribution in [0.5, 0.6) is 0 Å². The Balaban J connectivity index is 1.98. The zero-order valence-corrected chi connectivity index (χ0v) is 11.1. The van der Waals surface area contributed by atoms with Crippen LogP contribution in [-0.2, 0) is 6.54 Å². The van der Waals surface area contributed by atoms with E-state index in [9.17, 15) is 9.90 Å². The summed E-state index contributed by atoms with van der Waals surface area (Å²) in [7, 11) is 0. The van der Waals surface area contributed by atoms with Gasteiger partial charge in [-0.2, -0.15) is 0 Å². The van der Waals surface area contributed by atoms with E-state index in [1.807, 2.05) is 42.5 Å². The summed E-state index contributed by atoms with van der Waals surface area (Å²) in [5.41, 5.74) is 7.77. The number of hydrogen-bond acceptors (Lipinski definition) is 3. The van der Waals surface area contributed by atoms with Crippen molar-refractivity contribution in [2.75, 3.05) is 6.61 Å². The summed E-state index contributed by atoms with van der Waals surface area (Å²) in [6.45, 7) is 0.641. The molecule has 0 saturated heterocycles. The van der Waals surface area contributed by atoms with Gasteiger partial charge in [0, 0.05) is 12.1 Å². The third kappa shape index (κ3) is 3.66. The number of nitrogens with two attached hydrogens (primary N) is 1. The number of rotatable bonds is 6. The Morgan fingerprint density at radius 3 is 2.30 bits per heavy atom. The van der Waals surface area contributed by atoms with E-state index in [1.54, 1.807) is 12.1 Å². The lowest BCUT2D eigenvalue weighted by Crippen LogP contribution is -2.24. The molecule has 1 unspecified atom stereocenters. The number of primary amides is 1. The van der Waals surface area contributed by atoms with Crippen LogP contribution < -0.4 is 11.1 Å². The predicted octanol–water partition coefficient (Wildman–Crippen LogP) is 1.61. The molecule has 0 aliphatic carbocycles. The SMILES string of the molecule is NC(=O)c1ccc(CNC(CO)c2ccccc2)cc1. The summed E-state index contributed by atoms with van der Waals surface area (Å²) >= 11 is 0. The molecule has 0 aliphatic heterocycles. The molecule has 0 heterocycles. The number of aliphatic hydroxyl groups excluding tert-OH is 1. The van der Waals surface area contributed by atoms with Crippen molar-refractivity contribution in [3.05, 3.63) is 71.3 Å². The smallest absolute Gasteiger partial charge is 0.248 e. The van der Waals surface area contributed by atoms with Gasteiger partial charge in [0.2, 0.25) is 5.91 Å². The summed E-state index contributed by atoms with van der Waals surface area (Å²) in [6, 6.07) is 16.8. The number of hydrogen-bond donors (Lipinski definition) is 3. The van der Waals surface area contributed by atoms with Gasteiger partial charge >= 0.3 is 0 Å². The van der Waals surface area contributed by atoms with Crippen LogP contribution in [0, 0.1) is 0 Å². The molecule has 2 rings (SSSR count). The molecular weight excluding hydrogens is 252 g/mol. The van der Waals surface area contributed by atoms with E-state index in [0.717, 1.165) is 11.1 Å². The fourth-order valence-corrected chi connectivity index (χ4v) is 2.00. The molecule has 4 N–H and O–H groups in total. The predicted molar refractivity (Wildman–Crippen MR) is 78.1 cm³/mol. The van der Waals surface area contributed by atoms with E-state index >= 15 is 0 Å². The highest BCUT2D eigenvalue weighted by molar-refractivity contribution is 5.92. The number of carbonyl (C=O) groups is 1. The molecule has 20 heavy (non-hydrogen) atoms. The molecule has 0 radical (unpaired) electrons. The van der Waals surface area contributed by atoms with E-state index in [1.165, 1.54) is 0 Å². The zero-order chi connectivity index (χ0) is 14.4. The molecule has 0 spiro atoms. The topological polar surface area (TPSA) is 75.4 Å². The molecule has 0 aliphatic rings. The van der Waals surface area contributed by atoms with Gasteiger partial charge in [0.15, 0.2) is 0 Å². The van der Waals surface area contributed by atoms with Crippen LogP contribution in [0.15, 0.2) is 54.6 Å². The zero-order valence-electron chi connectivity index (χ0n) is 11.1. The van der Waals surface area contributed by atoms with Gasteiger partial charge in [-0.1, -0.05) is 42.5 Å². The quantitative estimate of drug-likeness (QED) is 0.746. The summed E-state index contributed by atoms with van der Waals surface area (Å²) < 4.78 is 0. The van der Waals surface area contributed by atoms with E-state index in [2.05, 4.69) is 5.32 Å². The van der Waals surface area contributed by atoms with Crippen molar-refractivity contribution in [3.63, 3.8) is 0 Å². The molecule has 0 saturated carbocycles. The maximum atomic E-state index is 11.0. The molecule has 2 aromatic rings. The van der Waals surface area contributed by atoms with Crippen molar-refractivity contribution in [1.29, 1.82) is 0 Å². The van der Waals surface area contributed by atoms with Crippen LogP contribution in [0.1, 0.15) is 27.5 Å². The minimum Gasteiger partial charge on any atom is -0.394 e. The first-order chi connectivity index (χ1) is 9.70. The molecule has 104 valence electrons. The van der Waals surface area contributed by atoms with Gasteiger partial charge < -0.3 is 16.2 Å². The Kier molecular flexibility index (Phi) is 4.87. The summed E-state index contributed by atoms with van der Waals surface area (Å²) in [5, 5.41) is 12.7. The number of benzene rings is 2. The van der Waals surface area contributed by atoms with Crippen molar-refractivity contribution < 1.29 is 9.90 Å². The van der Waals surface area contributed by atoms with Crippen LogP contribution >= 0.6 is 0 Å². The molecule has 0 bridgehead atoms. The lowest BCUT2D eigenvalue weighted by atomic mass is 10.1. The van der Waals surface area contributed by atoms with E-state index < -0.39 is 5.91 Å². The Bertz CT molecular complexity index is 552. The van der Waals surface area contributed by atoms with Crippen molar-refractivity contribution in [2.45, 2.75) is 12.6 Å². The highest BCUT2D eigenvalue weighted by atomic mass is 16.3. The van der Waals surface area contributed by atoms with Crippen molar-refractivity contribution in [2.24, 2.45) is 5.73 Å². The Labute approximate surface area is 118 Å². The monoisotopic (exact) mass is 270 g/mol. The van der Waals surface area contributed by atoms with Gasteiger partial charge in [-0.15, -0.1) is 0 Å². The van der Waals surface area contributed by atoms with Gasteiger partial charge in [-0.05, 0) is 23.3 Å². The van der Waals surface area contributed by atoms with Crippen LogP contribution in [0.25, 0.3) is 0 Å². The van der Waals surface area contributed by atoms with Crippen LogP contribution in [0.2, 0.25) is 0 Å². The second-order valence-electron chi connectivity index (χ2n) is 4.59. The van der Waals surface area contributed by atoms with Gasteiger partial charge in [0.25, 0.3) is 0 Å². The summed E-state index contributed by atoms with van der Waals surface area (Å²) in [5.74, 6) is -0.429. The molecule has 0 fully saturated rings. The fourth-order valence-electron chi connectivity index (χ4n) is 2.00. The summed E-state index contributed by atoms with van der Waals surface area (Å²) in [4.78, 5) is 11.0. The standard InChI is InChI=1S/C16H18N2O2/c17-16(20)14-8-6-12(7-9-14)10-18-15(11-19)13-4-2-1-3-5-13/h1-9,15,18-19H,10-11H2,(H2,17,20). The number of aliphatic hydroxyl groups is 1. The van der Waals surface area contributed by atoms with Gasteiger partial charge in [0.1, 0.15) is 0 Å². The van der Waals surface area contributed by atoms with Gasteiger partial charge in [-0.25, -0.2) is 0 Å². The second-order valence-corrected chi connectivity index (χ2v) is 4.59. The first-order valence-electron chi connectivity index (χ1n) is 6.48. The molecule has 2 aromatic carbocycles. The normalized spacial score (nSPS) is 12.1. The number of nitrogens with one attached hydrogen (secondary N) is 1. The largest absolute Gasteiger partial charge is 0.394 e. The van der Waals surface area contributed by atoms with Crippen LogP contribution in [-0.4, -0.2) is 17.6 Å². The lowest BCUT2D eigenvalue weighted by Gasteiger charge is -2.16. The van der Waals surface area contributed by atoms with Gasteiger partial charge in [0.05, 0.1) is 12.6 Å². The first-order valence-corrected chi connectivity index (χ1v) is 6.48. The second kappa shape index (κ2) is 6.84. The number of carbonyl (C=O) groups excluding carboxylic acids is 1. The van der Waals surface area contributed by atoms with E-state index in [4.69, 9.17) is 5.73 Å².